The number of halogens is 1. The summed E-state index contributed by atoms with van der Waals surface area (Å²) in [6, 6.07) is 16.2. The molecule has 0 bridgehead atoms. The van der Waals surface area contributed by atoms with Gasteiger partial charge < -0.3 is 5.32 Å². The summed E-state index contributed by atoms with van der Waals surface area (Å²) in [4.78, 5) is 0. The second-order valence-corrected chi connectivity index (χ2v) is 5.04. The lowest BCUT2D eigenvalue weighted by Gasteiger charge is -2.15. The summed E-state index contributed by atoms with van der Waals surface area (Å²) in [5.74, 6) is 2.64. The molecule has 2 aromatic carbocycles. The number of rotatable bonds is 4. The molecule has 1 atom stereocenters. The third kappa shape index (κ3) is 4.05. The zero-order chi connectivity index (χ0) is 13.7. The molecule has 2 heteroatoms. The Morgan fingerprint density at radius 3 is 2.63 bits per heavy atom. The van der Waals surface area contributed by atoms with E-state index >= 15 is 0 Å². The van der Waals surface area contributed by atoms with E-state index in [1.165, 1.54) is 5.56 Å². The molecule has 0 saturated carbocycles. The van der Waals surface area contributed by atoms with Crippen molar-refractivity contribution in [2.24, 2.45) is 0 Å². The number of nitrogens with one attached hydrogen (secondary N) is 1. The van der Waals surface area contributed by atoms with Crippen LogP contribution in [0.4, 0.5) is 5.69 Å². The first kappa shape index (κ1) is 13.5. The van der Waals surface area contributed by atoms with Gasteiger partial charge in [0.15, 0.2) is 0 Å². The lowest BCUT2D eigenvalue weighted by Crippen LogP contribution is -2.18. The van der Waals surface area contributed by atoms with Gasteiger partial charge >= 0.3 is 0 Å². The van der Waals surface area contributed by atoms with E-state index in [4.69, 9.17) is 18.0 Å². The van der Waals surface area contributed by atoms with E-state index in [1.54, 1.807) is 0 Å². The van der Waals surface area contributed by atoms with E-state index in [1.807, 2.05) is 36.4 Å². The van der Waals surface area contributed by atoms with E-state index < -0.39 is 0 Å². The maximum absolute atomic E-state index is 5.88. The van der Waals surface area contributed by atoms with Crippen LogP contribution < -0.4 is 5.32 Å². The molecule has 2 rings (SSSR count). The first-order chi connectivity index (χ1) is 9.17. The molecule has 0 aliphatic carbocycles. The smallest absolute Gasteiger partial charge is 0.0406 e. The molecule has 0 amide bonds. The fourth-order valence-electron chi connectivity index (χ4n) is 2.01. The van der Waals surface area contributed by atoms with Crippen LogP contribution in [0.3, 0.4) is 0 Å². The second-order valence-electron chi connectivity index (χ2n) is 4.60. The normalized spacial score (nSPS) is 11.6. The molecule has 2 aromatic rings. The van der Waals surface area contributed by atoms with Gasteiger partial charge in [0.1, 0.15) is 0 Å². The van der Waals surface area contributed by atoms with Gasteiger partial charge in [-0.15, -0.1) is 6.42 Å². The minimum absolute atomic E-state index is 0.328. The monoisotopic (exact) mass is 269 g/mol. The molecule has 0 aliphatic heterocycles. The van der Waals surface area contributed by atoms with Gasteiger partial charge in [0.05, 0.1) is 0 Å². The topological polar surface area (TPSA) is 12.0 Å². The number of anilines is 1. The Balaban J connectivity index is 1.99. The lowest BCUT2D eigenvalue weighted by atomic mass is 10.1. The summed E-state index contributed by atoms with van der Waals surface area (Å²) in [6.45, 7) is 2.15. The van der Waals surface area contributed by atoms with Crippen molar-refractivity contribution in [1.82, 2.24) is 0 Å². The average molecular weight is 270 g/mol. The van der Waals surface area contributed by atoms with E-state index in [9.17, 15) is 0 Å². The number of hydrogen-bond donors (Lipinski definition) is 1. The van der Waals surface area contributed by atoms with Gasteiger partial charge in [0.25, 0.3) is 0 Å². The van der Waals surface area contributed by atoms with Crippen molar-refractivity contribution in [1.29, 1.82) is 0 Å². The van der Waals surface area contributed by atoms with Crippen LogP contribution in [-0.4, -0.2) is 6.04 Å². The Hall–Kier alpha value is -1.91. The Labute approximate surface area is 119 Å². The van der Waals surface area contributed by atoms with E-state index in [2.05, 4.69) is 30.3 Å². The van der Waals surface area contributed by atoms with Gasteiger partial charge in [0, 0.05) is 22.3 Å². The highest BCUT2D eigenvalue weighted by Gasteiger charge is 2.04. The molecule has 0 fully saturated rings. The third-order valence-corrected chi connectivity index (χ3v) is 3.15. The highest BCUT2D eigenvalue weighted by molar-refractivity contribution is 6.30. The Morgan fingerprint density at radius 1 is 1.21 bits per heavy atom. The zero-order valence-electron chi connectivity index (χ0n) is 10.9. The molecule has 1 nitrogen and oxygen atoms in total. The molecule has 19 heavy (non-hydrogen) atoms. The molecule has 0 aromatic heterocycles. The van der Waals surface area contributed by atoms with Crippen molar-refractivity contribution >= 4 is 17.3 Å². The summed E-state index contributed by atoms with van der Waals surface area (Å²) in [5.41, 5.74) is 3.21. The predicted molar refractivity (Wildman–Crippen MR) is 82.6 cm³/mol. The molecule has 96 valence electrons. The van der Waals surface area contributed by atoms with Crippen LogP contribution in [0.15, 0.2) is 48.5 Å². The van der Waals surface area contributed by atoms with Crippen molar-refractivity contribution in [3.8, 4) is 12.3 Å². The van der Waals surface area contributed by atoms with Gasteiger partial charge in [-0.1, -0.05) is 35.7 Å². The highest BCUT2D eigenvalue weighted by Crippen LogP contribution is 2.15. The molecule has 0 aliphatic rings. The SMILES string of the molecule is C#Cc1cccc(NC(C)Cc2ccc(Cl)cc2)c1. The summed E-state index contributed by atoms with van der Waals surface area (Å²) in [6.07, 6.45) is 6.34. The summed E-state index contributed by atoms with van der Waals surface area (Å²) in [5, 5.41) is 4.22. The van der Waals surface area contributed by atoms with Gasteiger partial charge in [-0.2, -0.15) is 0 Å². The molecule has 0 heterocycles. The van der Waals surface area contributed by atoms with Crippen molar-refractivity contribution in [3.63, 3.8) is 0 Å². The number of terminal acetylenes is 1. The fourth-order valence-corrected chi connectivity index (χ4v) is 2.13. The van der Waals surface area contributed by atoms with Crippen molar-refractivity contribution in [3.05, 3.63) is 64.7 Å². The van der Waals surface area contributed by atoms with Crippen LogP contribution in [0.1, 0.15) is 18.1 Å². The van der Waals surface area contributed by atoms with Crippen LogP contribution in [0.2, 0.25) is 5.02 Å². The minimum Gasteiger partial charge on any atom is -0.382 e. The van der Waals surface area contributed by atoms with Crippen LogP contribution in [0.5, 0.6) is 0 Å². The molecule has 1 unspecified atom stereocenters. The van der Waals surface area contributed by atoms with Gasteiger partial charge in [0.2, 0.25) is 0 Å². The van der Waals surface area contributed by atoms with Crippen LogP contribution in [-0.2, 0) is 6.42 Å². The summed E-state index contributed by atoms with van der Waals surface area (Å²) < 4.78 is 0. The van der Waals surface area contributed by atoms with Gasteiger partial charge in [-0.25, -0.2) is 0 Å². The van der Waals surface area contributed by atoms with Gasteiger partial charge in [-0.05, 0) is 49.2 Å². The predicted octanol–water partition coefficient (Wildman–Crippen LogP) is 4.36. The number of hydrogen-bond acceptors (Lipinski definition) is 1. The van der Waals surface area contributed by atoms with Crippen LogP contribution in [0, 0.1) is 12.3 Å². The Morgan fingerprint density at radius 2 is 1.95 bits per heavy atom. The van der Waals surface area contributed by atoms with Crippen molar-refractivity contribution in [2.45, 2.75) is 19.4 Å². The number of benzene rings is 2. The molecular weight excluding hydrogens is 254 g/mol. The highest BCUT2D eigenvalue weighted by atomic mass is 35.5. The summed E-state index contributed by atoms with van der Waals surface area (Å²) >= 11 is 5.88. The molecule has 0 spiro atoms. The molecular formula is C17H16ClN. The first-order valence-electron chi connectivity index (χ1n) is 6.25. The maximum atomic E-state index is 5.88. The second kappa shape index (κ2) is 6.31. The van der Waals surface area contributed by atoms with E-state index in [-0.39, 0.29) is 0 Å². The molecule has 0 radical (unpaired) electrons. The average Bonchev–Trinajstić information content (AvgIpc) is 2.41. The molecule has 1 N–H and O–H groups in total. The largest absolute Gasteiger partial charge is 0.382 e. The van der Waals surface area contributed by atoms with Crippen molar-refractivity contribution in [2.75, 3.05) is 5.32 Å². The standard InChI is InChI=1S/C17H16ClN/c1-3-14-5-4-6-17(12-14)19-13(2)11-15-7-9-16(18)10-8-15/h1,4-10,12-13,19H,11H2,2H3. The fraction of sp³-hybridized carbons (Fsp3) is 0.176. The van der Waals surface area contributed by atoms with E-state index in [0.717, 1.165) is 22.7 Å². The lowest BCUT2D eigenvalue weighted by molar-refractivity contribution is 0.790. The Bertz CT molecular complexity index is 581. The zero-order valence-corrected chi connectivity index (χ0v) is 11.6. The summed E-state index contributed by atoms with van der Waals surface area (Å²) in [7, 11) is 0. The van der Waals surface area contributed by atoms with Gasteiger partial charge in [-0.3, -0.25) is 0 Å². The van der Waals surface area contributed by atoms with Crippen LogP contribution >= 0.6 is 11.6 Å². The Kier molecular flexibility index (Phi) is 4.49. The minimum atomic E-state index is 0.328. The maximum Gasteiger partial charge on any atom is 0.0406 e. The van der Waals surface area contributed by atoms with Crippen molar-refractivity contribution < 1.29 is 0 Å². The molecule has 0 saturated heterocycles. The first-order valence-corrected chi connectivity index (χ1v) is 6.63. The van der Waals surface area contributed by atoms with E-state index in [0.29, 0.717) is 6.04 Å². The van der Waals surface area contributed by atoms with Crippen LogP contribution in [0.25, 0.3) is 0 Å². The third-order valence-electron chi connectivity index (χ3n) is 2.90. The quantitative estimate of drug-likeness (QED) is 0.813.